The highest BCUT2D eigenvalue weighted by molar-refractivity contribution is 5.85. The van der Waals surface area contributed by atoms with Crippen molar-refractivity contribution in [3.8, 4) is 0 Å². The molecule has 1 aromatic rings. The number of carbonyl (C=O) groups excluding carboxylic acids is 2. The standard InChI is InChI=1S/C18H24F3N3O2.ClH/c1-22-10-11-23(2)17(26)14-8-9-15(25)24(3)16(14)12-4-6-13(7-5-12)18(19,20)21;/h4-7,14,16,22H,8-11H2,1-3H3;1H. The Bertz CT molecular complexity index is 652. The molecule has 2 rings (SSSR count). The summed E-state index contributed by atoms with van der Waals surface area (Å²) in [5.74, 6) is -0.697. The van der Waals surface area contributed by atoms with Gasteiger partial charge in [-0.1, -0.05) is 12.1 Å². The molecule has 1 aliphatic heterocycles. The van der Waals surface area contributed by atoms with Crippen LogP contribution in [-0.4, -0.2) is 55.8 Å². The minimum Gasteiger partial charge on any atom is -0.344 e. The zero-order valence-electron chi connectivity index (χ0n) is 15.5. The molecule has 0 bridgehead atoms. The average molecular weight is 408 g/mol. The summed E-state index contributed by atoms with van der Waals surface area (Å²) in [5.41, 5.74) is -0.214. The van der Waals surface area contributed by atoms with E-state index >= 15 is 0 Å². The van der Waals surface area contributed by atoms with E-state index in [1.807, 2.05) is 0 Å². The summed E-state index contributed by atoms with van der Waals surface area (Å²) < 4.78 is 38.4. The molecular formula is C18H25ClF3N3O2. The topological polar surface area (TPSA) is 52.7 Å². The van der Waals surface area contributed by atoms with Gasteiger partial charge in [-0.2, -0.15) is 13.2 Å². The van der Waals surface area contributed by atoms with Gasteiger partial charge in [-0.15, -0.1) is 12.4 Å². The molecule has 0 spiro atoms. The number of halogens is 4. The lowest BCUT2D eigenvalue weighted by Crippen LogP contribution is -2.47. The molecular weight excluding hydrogens is 383 g/mol. The van der Waals surface area contributed by atoms with Crippen LogP contribution in [0.5, 0.6) is 0 Å². The van der Waals surface area contributed by atoms with E-state index in [2.05, 4.69) is 5.32 Å². The van der Waals surface area contributed by atoms with Gasteiger partial charge in [0.1, 0.15) is 0 Å². The minimum absolute atomic E-state index is 0. The monoisotopic (exact) mass is 407 g/mol. The van der Waals surface area contributed by atoms with Gasteiger partial charge in [0.25, 0.3) is 0 Å². The normalized spacial score (nSPS) is 20.2. The molecule has 27 heavy (non-hydrogen) atoms. The molecule has 0 radical (unpaired) electrons. The van der Waals surface area contributed by atoms with Crippen LogP contribution >= 0.6 is 12.4 Å². The fourth-order valence-corrected chi connectivity index (χ4v) is 3.29. The van der Waals surface area contributed by atoms with Gasteiger partial charge < -0.3 is 15.1 Å². The van der Waals surface area contributed by atoms with Gasteiger partial charge in [0.05, 0.1) is 17.5 Å². The van der Waals surface area contributed by atoms with Crippen molar-refractivity contribution in [2.75, 3.05) is 34.2 Å². The van der Waals surface area contributed by atoms with Crippen LogP contribution in [0.15, 0.2) is 24.3 Å². The number of likely N-dealkylation sites (tertiary alicyclic amines) is 1. The molecule has 0 aromatic heterocycles. The van der Waals surface area contributed by atoms with Crippen molar-refractivity contribution in [1.29, 1.82) is 0 Å². The molecule has 2 amide bonds. The van der Waals surface area contributed by atoms with E-state index in [0.29, 0.717) is 25.1 Å². The molecule has 1 aliphatic rings. The summed E-state index contributed by atoms with van der Waals surface area (Å²) in [6.45, 7) is 1.15. The third kappa shape index (κ3) is 5.35. The number of rotatable bonds is 5. The third-order valence-electron chi connectivity index (χ3n) is 4.83. The van der Waals surface area contributed by atoms with E-state index in [-0.39, 0.29) is 30.6 Å². The van der Waals surface area contributed by atoms with Gasteiger partial charge >= 0.3 is 6.18 Å². The van der Waals surface area contributed by atoms with E-state index < -0.39 is 23.7 Å². The Morgan fingerprint density at radius 3 is 2.41 bits per heavy atom. The number of amides is 2. The largest absolute Gasteiger partial charge is 0.416 e. The number of alkyl halides is 3. The summed E-state index contributed by atoms with van der Waals surface area (Å²) in [6.07, 6.45) is -3.78. The number of hydrogen-bond donors (Lipinski definition) is 1. The Hall–Kier alpha value is -1.80. The molecule has 1 fully saturated rings. The zero-order chi connectivity index (χ0) is 19.5. The van der Waals surface area contributed by atoms with Gasteiger partial charge in [-0.05, 0) is 31.2 Å². The lowest BCUT2D eigenvalue weighted by Gasteiger charge is -2.40. The van der Waals surface area contributed by atoms with Gasteiger partial charge in [-0.3, -0.25) is 9.59 Å². The Kier molecular flexibility index (Phi) is 8.10. The van der Waals surface area contributed by atoms with E-state index in [1.54, 1.807) is 26.0 Å². The molecule has 1 N–H and O–H groups in total. The highest BCUT2D eigenvalue weighted by Gasteiger charge is 2.40. The van der Waals surface area contributed by atoms with Crippen molar-refractivity contribution in [2.24, 2.45) is 5.92 Å². The SMILES string of the molecule is CNCCN(C)C(=O)C1CCC(=O)N(C)C1c1ccc(C(F)(F)F)cc1.Cl. The first kappa shape index (κ1) is 23.2. The van der Waals surface area contributed by atoms with Crippen LogP contribution < -0.4 is 5.32 Å². The Labute approximate surface area is 163 Å². The summed E-state index contributed by atoms with van der Waals surface area (Å²) in [4.78, 5) is 28.0. The molecule has 0 aliphatic carbocycles. The molecule has 2 atom stereocenters. The quantitative estimate of drug-likeness (QED) is 0.816. The summed E-state index contributed by atoms with van der Waals surface area (Å²) in [6, 6.07) is 4.14. The minimum atomic E-state index is -4.42. The van der Waals surface area contributed by atoms with Gasteiger partial charge in [0, 0.05) is 33.6 Å². The van der Waals surface area contributed by atoms with Crippen LogP contribution in [0, 0.1) is 5.92 Å². The molecule has 5 nitrogen and oxygen atoms in total. The number of benzene rings is 1. The second-order valence-corrected chi connectivity index (χ2v) is 6.58. The van der Waals surface area contributed by atoms with Crippen molar-refractivity contribution >= 4 is 24.2 Å². The third-order valence-corrected chi connectivity index (χ3v) is 4.83. The number of likely N-dealkylation sites (N-methyl/N-ethyl adjacent to an activating group) is 2. The summed E-state index contributed by atoms with van der Waals surface area (Å²) in [5, 5.41) is 2.97. The summed E-state index contributed by atoms with van der Waals surface area (Å²) >= 11 is 0. The lowest BCUT2D eigenvalue weighted by atomic mass is 9.83. The van der Waals surface area contributed by atoms with Crippen LogP contribution in [0.3, 0.4) is 0 Å². The van der Waals surface area contributed by atoms with Gasteiger partial charge in [0.15, 0.2) is 0 Å². The molecule has 9 heteroatoms. The molecule has 2 unspecified atom stereocenters. The number of nitrogens with zero attached hydrogens (tertiary/aromatic N) is 2. The van der Waals surface area contributed by atoms with Crippen molar-refractivity contribution in [1.82, 2.24) is 15.1 Å². The molecule has 152 valence electrons. The van der Waals surface area contributed by atoms with Crippen LogP contribution in [0.4, 0.5) is 13.2 Å². The van der Waals surface area contributed by atoms with Gasteiger partial charge in [-0.25, -0.2) is 0 Å². The van der Waals surface area contributed by atoms with Crippen LogP contribution in [0.1, 0.15) is 30.0 Å². The highest BCUT2D eigenvalue weighted by atomic mass is 35.5. The van der Waals surface area contributed by atoms with Crippen LogP contribution in [0.25, 0.3) is 0 Å². The Balaban J connectivity index is 0.00000364. The van der Waals surface area contributed by atoms with Crippen LogP contribution in [-0.2, 0) is 15.8 Å². The van der Waals surface area contributed by atoms with E-state index in [4.69, 9.17) is 0 Å². The van der Waals surface area contributed by atoms with E-state index in [0.717, 1.165) is 12.1 Å². The number of carbonyl (C=O) groups is 2. The number of nitrogens with one attached hydrogen (secondary N) is 1. The van der Waals surface area contributed by atoms with E-state index in [9.17, 15) is 22.8 Å². The maximum absolute atomic E-state index is 12.8. The average Bonchev–Trinajstić information content (AvgIpc) is 2.60. The van der Waals surface area contributed by atoms with Crippen molar-refractivity contribution in [2.45, 2.75) is 25.1 Å². The highest BCUT2D eigenvalue weighted by Crippen LogP contribution is 2.38. The van der Waals surface area contributed by atoms with Crippen molar-refractivity contribution < 1.29 is 22.8 Å². The lowest BCUT2D eigenvalue weighted by molar-refractivity contribution is -0.146. The Morgan fingerprint density at radius 1 is 1.30 bits per heavy atom. The Morgan fingerprint density at radius 2 is 1.89 bits per heavy atom. The van der Waals surface area contributed by atoms with Crippen LogP contribution in [0.2, 0.25) is 0 Å². The predicted molar refractivity (Wildman–Crippen MR) is 98.5 cm³/mol. The number of hydrogen-bond acceptors (Lipinski definition) is 3. The molecule has 0 saturated carbocycles. The molecule has 1 heterocycles. The van der Waals surface area contributed by atoms with E-state index in [1.165, 1.54) is 17.0 Å². The van der Waals surface area contributed by atoms with Crippen molar-refractivity contribution in [3.63, 3.8) is 0 Å². The first-order valence-electron chi connectivity index (χ1n) is 8.49. The fraction of sp³-hybridized carbons (Fsp3) is 0.556. The smallest absolute Gasteiger partial charge is 0.344 e. The summed E-state index contributed by atoms with van der Waals surface area (Å²) in [7, 11) is 5.08. The van der Waals surface area contributed by atoms with Gasteiger partial charge in [0.2, 0.25) is 11.8 Å². The number of piperidine rings is 1. The molecule has 1 saturated heterocycles. The van der Waals surface area contributed by atoms with Crippen molar-refractivity contribution in [3.05, 3.63) is 35.4 Å². The molecule has 1 aromatic carbocycles. The fourth-order valence-electron chi connectivity index (χ4n) is 3.29. The first-order valence-corrected chi connectivity index (χ1v) is 8.49. The second-order valence-electron chi connectivity index (χ2n) is 6.58. The predicted octanol–water partition coefficient (Wildman–Crippen LogP) is 2.71. The first-order chi connectivity index (χ1) is 12.2. The maximum Gasteiger partial charge on any atom is 0.416 e. The second kappa shape index (κ2) is 9.41. The zero-order valence-corrected chi connectivity index (χ0v) is 16.4. The maximum atomic E-state index is 12.8.